The molecular formula is C25H22. The van der Waals surface area contributed by atoms with Crippen molar-refractivity contribution in [2.45, 2.75) is 19.3 Å². The quantitative estimate of drug-likeness (QED) is 0.489. The predicted molar refractivity (Wildman–Crippen MR) is 110 cm³/mol. The third kappa shape index (κ3) is 2.29. The second-order valence-corrected chi connectivity index (χ2v) is 7.18. The Bertz CT molecular complexity index is 1000. The summed E-state index contributed by atoms with van der Waals surface area (Å²) in [7, 11) is 0. The molecule has 0 nitrogen and oxygen atoms in total. The Kier molecular flexibility index (Phi) is 3.51. The predicted octanol–water partition coefficient (Wildman–Crippen LogP) is 6.95. The van der Waals surface area contributed by atoms with Gasteiger partial charge in [0.25, 0.3) is 0 Å². The molecule has 3 aromatic rings. The number of rotatable bonds is 3. The topological polar surface area (TPSA) is 0 Å². The van der Waals surface area contributed by atoms with Crippen LogP contribution < -0.4 is 0 Å². The van der Waals surface area contributed by atoms with Crippen LogP contribution in [-0.4, -0.2) is 0 Å². The zero-order chi connectivity index (χ0) is 17.6. The number of fused-ring (bicyclic) bond motifs is 3. The first-order chi connectivity index (χ1) is 12.1. The standard InChI is InChI=1S/C25H22/c1-5-17-11-12-19(15-18(17)6-2)20-13-14-22-21-9-7-8-10-23(21)25(3,4)24(22)16-20/h5-16H,1-2H2,3-4H3. The summed E-state index contributed by atoms with van der Waals surface area (Å²) in [6, 6.07) is 22.1. The molecule has 3 aromatic carbocycles. The van der Waals surface area contributed by atoms with Crippen LogP contribution in [0.2, 0.25) is 0 Å². The summed E-state index contributed by atoms with van der Waals surface area (Å²) in [5.41, 5.74) is 10.3. The largest absolute Gasteiger partial charge is 0.0984 e. The van der Waals surface area contributed by atoms with Gasteiger partial charge in [-0.1, -0.05) is 87.7 Å². The van der Waals surface area contributed by atoms with Gasteiger partial charge in [-0.3, -0.25) is 0 Å². The molecule has 0 saturated heterocycles. The molecule has 0 aliphatic heterocycles. The number of hydrogen-bond donors (Lipinski definition) is 0. The van der Waals surface area contributed by atoms with Gasteiger partial charge in [-0.15, -0.1) is 0 Å². The second kappa shape index (κ2) is 5.60. The van der Waals surface area contributed by atoms with Crippen molar-refractivity contribution in [3.05, 3.63) is 96.1 Å². The highest BCUT2D eigenvalue weighted by molar-refractivity contribution is 5.84. The molecule has 0 amide bonds. The molecule has 0 fully saturated rings. The molecule has 0 radical (unpaired) electrons. The smallest absolute Gasteiger partial charge is 0.0159 e. The Morgan fingerprint density at radius 1 is 0.680 bits per heavy atom. The van der Waals surface area contributed by atoms with Crippen LogP contribution in [0, 0.1) is 0 Å². The molecule has 1 aliphatic rings. The number of hydrogen-bond acceptors (Lipinski definition) is 0. The van der Waals surface area contributed by atoms with Crippen LogP contribution >= 0.6 is 0 Å². The first-order valence-electron chi connectivity index (χ1n) is 8.70. The minimum Gasteiger partial charge on any atom is -0.0984 e. The fourth-order valence-corrected chi connectivity index (χ4v) is 4.00. The van der Waals surface area contributed by atoms with Gasteiger partial charge in [0.1, 0.15) is 0 Å². The van der Waals surface area contributed by atoms with E-state index >= 15 is 0 Å². The van der Waals surface area contributed by atoms with E-state index < -0.39 is 0 Å². The lowest BCUT2D eigenvalue weighted by Crippen LogP contribution is -2.14. The summed E-state index contributed by atoms with van der Waals surface area (Å²) in [5, 5.41) is 0. The van der Waals surface area contributed by atoms with Gasteiger partial charge >= 0.3 is 0 Å². The second-order valence-electron chi connectivity index (χ2n) is 7.18. The average molecular weight is 322 g/mol. The SMILES string of the molecule is C=Cc1ccc(-c2ccc3c(c2)C(C)(C)c2ccccc2-3)cc1C=C. The van der Waals surface area contributed by atoms with E-state index in [9.17, 15) is 0 Å². The Morgan fingerprint density at radius 3 is 2.08 bits per heavy atom. The fourth-order valence-electron chi connectivity index (χ4n) is 4.00. The van der Waals surface area contributed by atoms with Crippen molar-refractivity contribution in [3.63, 3.8) is 0 Å². The third-order valence-electron chi connectivity index (χ3n) is 5.44. The van der Waals surface area contributed by atoms with E-state index in [0.29, 0.717) is 0 Å². The highest BCUT2D eigenvalue weighted by Crippen LogP contribution is 2.49. The lowest BCUT2D eigenvalue weighted by atomic mass is 9.81. The minimum atomic E-state index is 0.0320. The molecule has 4 rings (SSSR count). The Labute approximate surface area is 150 Å². The maximum atomic E-state index is 3.93. The van der Waals surface area contributed by atoms with Gasteiger partial charge in [0.05, 0.1) is 0 Å². The molecule has 0 bridgehead atoms. The van der Waals surface area contributed by atoms with Crippen LogP contribution in [0.5, 0.6) is 0 Å². The van der Waals surface area contributed by atoms with Crippen molar-refractivity contribution in [1.29, 1.82) is 0 Å². The molecule has 0 heteroatoms. The van der Waals surface area contributed by atoms with Gasteiger partial charge in [-0.2, -0.15) is 0 Å². The van der Waals surface area contributed by atoms with E-state index in [1.165, 1.54) is 33.4 Å². The lowest BCUT2D eigenvalue weighted by molar-refractivity contribution is 0.660. The zero-order valence-electron chi connectivity index (χ0n) is 14.8. The molecule has 1 aliphatic carbocycles. The van der Waals surface area contributed by atoms with Crippen molar-refractivity contribution in [2.24, 2.45) is 0 Å². The molecule has 0 aromatic heterocycles. The van der Waals surface area contributed by atoms with Crippen LogP contribution in [0.3, 0.4) is 0 Å². The van der Waals surface area contributed by atoms with Crippen LogP contribution in [0.1, 0.15) is 36.1 Å². The monoisotopic (exact) mass is 322 g/mol. The summed E-state index contributed by atoms with van der Waals surface area (Å²) >= 11 is 0. The van der Waals surface area contributed by atoms with E-state index in [1.54, 1.807) is 0 Å². The van der Waals surface area contributed by atoms with Crippen LogP contribution in [0.25, 0.3) is 34.4 Å². The Morgan fingerprint density at radius 2 is 1.32 bits per heavy atom. The van der Waals surface area contributed by atoms with E-state index in [2.05, 4.69) is 87.7 Å². The first kappa shape index (κ1) is 15.7. The van der Waals surface area contributed by atoms with E-state index in [1.807, 2.05) is 12.2 Å². The Hall–Kier alpha value is -2.86. The van der Waals surface area contributed by atoms with E-state index in [4.69, 9.17) is 0 Å². The van der Waals surface area contributed by atoms with Gasteiger partial charge in [-0.05, 0) is 56.6 Å². The van der Waals surface area contributed by atoms with Crippen LogP contribution in [-0.2, 0) is 5.41 Å². The molecular weight excluding hydrogens is 300 g/mol. The average Bonchev–Trinajstić information content (AvgIpc) is 2.89. The minimum absolute atomic E-state index is 0.0320. The van der Waals surface area contributed by atoms with E-state index in [-0.39, 0.29) is 5.41 Å². The van der Waals surface area contributed by atoms with Crippen molar-refractivity contribution < 1.29 is 0 Å². The lowest BCUT2D eigenvalue weighted by Gasteiger charge is -2.22. The molecule has 0 atom stereocenters. The zero-order valence-corrected chi connectivity index (χ0v) is 14.8. The van der Waals surface area contributed by atoms with Crippen molar-refractivity contribution in [2.75, 3.05) is 0 Å². The van der Waals surface area contributed by atoms with Gasteiger partial charge in [-0.25, -0.2) is 0 Å². The van der Waals surface area contributed by atoms with Crippen LogP contribution in [0.4, 0.5) is 0 Å². The molecule has 0 unspecified atom stereocenters. The van der Waals surface area contributed by atoms with Crippen molar-refractivity contribution in [1.82, 2.24) is 0 Å². The maximum absolute atomic E-state index is 3.93. The van der Waals surface area contributed by atoms with Crippen LogP contribution in [0.15, 0.2) is 73.8 Å². The molecule has 0 heterocycles. The summed E-state index contributed by atoms with van der Waals surface area (Å²) in [4.78, 5) is 0. The summed E-state index contributed by atoms with van der Waals surface area (Å²) in [6.07, 6.45) is 3.77. The first-order valence-corrected chi connectivity index (χ1v) is 8.70. The third-order valence-corrected chi connectivity index (χ3v) is 5.44. The van der Waals surface area contributed by atoms with Gasteiger partial charge in [0, 0.05) is 5.41 Å². The summed E-state index contributed by atoms with van der Waals surface area (Å²) < 4.78 is 0. The van der Waals surface area contributed by atoms with Crippen molar-refractivity contribution >= 4 is 12.2 Å². The molecule has 122 valence electrons. The summed E-state index contributed by atoms with van der Waals surface area (Å²) in [5.74, 6) is 0. The fraction of sp³-hybridized carbons (Fsp3) is 0.120. The Balaban J connectivity index is 1.88. The molecule has 25 heavy (non-hydrogen) atoms. The molecule has 0 saturated carbocycles. The van der Waals surface area contributed by atoms with Gasteiger partial charge in [0.15, 0.2) is 0 Å². The van der Waals surface area contributed by atoms with Gasteiger partial charge in [0.2, 0.25) is 0 Å². The highest BCUT2D eigenvalue weighted by Gasteiger charge is 2.35. The molecule has 0 spiro atoms. The summed E-state index contributed by atoms with van der Waals surface area (Å²) in [6.45, 7) is 12.5. The van der Waals surface area contributed by atoms with Crippen molar-refractivity contribution in [3.8, 4) is 22.3 Å². The maximum Gasteiger partial charge on any atom is 0.0159 e. The molecule has 0 N–H and O–H groups in total. The number of benzene rings is 3. The van der Waals surface area contributed by atoms with E-state index in [0.717, 1.165) is 11.1 Å². The van der Waals surface area contributed by atoms with Gasteiger partial charge < -0.3 is 0 Å². The highest BCUT2D eigenvalue weighted by atomic mass is 14.4. The normalized spacial score (nSPS) is 13.8.